The fourth-order valence-electron chi connectivity index (χ4n) is 5.12. The number of nitrogens with zero attached hydrogens (tertiary/aromatic N) is 3. The lowest BCUT2D eigenvalue weighted by atomic mass is 9.96. The van der Waals surface area contributed by atoms with Gasteiger partial charge < -0.3 is 14.0 Å². The van der Waals surface area contributed by atoms with Crippen molar-refractivity contribution in [2.45, 2.75) is 40.7 Å². The lowest BCUT2D eigenvalue weighted by Gasteiger charge is -2.24. The van der Waals surface area contributed by atoms with Crippen LogP contribution in [0.25, 0.3) is 11.8 Å². The lowest BCUT2D eigenvalue weighted by molar-refractivity contribution is -0.139. The Kier molecular flexibility index (Phi) is 8.27. The van der Waals surface area contributed by atoms with Crippen LogP contribution in [0, 0.1) is 13.8 Å². The Morgan fingerprint density at radius 3 is 2.41 bits per heavy atom. The molecule has 0 bridgehead atoms. The van der Waals surface area contributed by atoms with E-state index in [4.69, 9.17) is 32.7 Å². The van der Waals surface area contributed by atoms with Crippen molar-refractivity contribution in [3.05, 3.63) is 112 Å². The molecule has 0 unspecified atom stereocenters. The maximum atomic E-state index is 14.0. The Morgan fingerprint density at radius 2 is 1.76 bits per heavy atom. The van der Waals surface area contributed by atoms with Crippen LogP contribution in [0.5, 0.6) is 5.75 Å². The van der Waals surface area contributed by atoms with Crippen molar-refractivity contribution < 1.29 is 14.3 Å². The number of esters is 1. The van der Waals surface area contributed by atoms with E-state index in [1.807, 2.05) is 69.3 Å². The normalized spacial score (nSPS) is 15.1. The zero-order valence-corrected chi connectivity index (χ0v) is 25.7. The molecule has 0 N–H and O–H groups in total. The maximum Gasteiger partial charge on any atom is 0.338 e. The molecule has 2 aromatic carbocycles. The van der Waals surface area contributed by atoms with Gasteiger partial charge in [0.05, 0.1) is 45.1 Å². The molecule has 0 aliphatic carbocycles. The van der Waals surface area contributed by atoms with Gasteiger partial charge in [0, 0.05) is 17.1 Å². The smallest absolute Gasteiger partial charge is 0.338 e. The van der Waals surface area contributed by atoms with E-state index in [0.29, 0.717) is 43.0 Å². The highest BCUT2D eigenvalue weighted by Crippen LogP contribution is 2.32. The van der Waals surface area contributed by atoms with Crippen molar-refractivity contribution in [1.82, 2.24) is 9.13 Å². The molecule has 212 valence electrons. The summed E-state index contributed by atoms with van der Waals surface area (Å²) in [7, 11) is 0. The summed E-state index contributed by atoms with van der Waals surface area (Å²) in [5.74, 6) is 0.214. The number of halogens is 2. The second-order valence-corrected chi connectivity index (χ2v) is 11.4. The quantitative estimate of drug-likeness (QED) is 0.244. The number of aromatic nitrogens is 2. The fourth-order valence-corrected chi connectivity index (χ4v) is 6.45. The highest BCUT2D eigenvalue weighted by atomic mass is 35.5. The maximum absolute atomic E-state index is 14.0. The van der Waals surface area contributed by atoms with Crippen LogP contribution in [0.15, 0.2) is 69.6 Å². The zero-order chi connectivity index (χ0) is 29.4. The average molecular weight is 611 g/mol. The van der Waals surface area contributed by atoms with Crippen LogP contribution in [0.4, 0.5) is 0 Å². The molecule has 2 aromatic heterocycles. The third kappa shape index (κ3) is 5.39. The first-order valence-electron chi connectivity index (χ1n) is 13.2. The molecule has 1 aliphatic rings. The molecule has 0 fully saturated rings. The zero-order valence-electron chi connectivity index (χ0n) is 23.3. The molecule has 5 rings (SSSR count). The Hall–Kier alpha value is -3.59. The van der Waals surface area contributed by atoms with Gasteiger partial charge in [0.1, 0.15) is 5.75 Å². The average Bonchev–Trinajstić information content (AvgIpc) is 3.39. The second-order valence-electron chi connectivity index (χ2n) is 9.56. The van der Waals surface area contributed by atoms with E-state index in [1.54, 1.807) is 24.5 Å². The van der Waals surface area contributed by atoms with Gasteiger partial charge in [-0.1, -0.05) is 46.7 Å². The largest absolute Gasteiger partial charge is 0.494 e. The van der Waals surface area contributed by atoms with Gasteiger partial charge in [-0.15, -0.1) is 0 Å². The van der Waals surface area contributed by atoms with Crippen LogP contribution in [0.3, 0.4) is 0 Å². The molecule has 0 spiro atoms. The monoisotopic (exact) mass is 609 g/mol. The van der Waals surface area contributed by atoms with Gasteiger partial charge in [-0.2, -0.15) is 0 Å². The number of aryl methyl sites for hydroxylation is 1. The van der Waals surface area contributed by atoms with Crippen LogP contribution in [-0.4, -0.2) is 28.3 Å². The van der Waals surface area contributed by atoms with E-state index in [0.717, 1.165) is 28.2 Å². The molecule has 4 aromatic rings. The van der Waals surface area contributed by atoms with E-state index < -0.39 is 12.0 Å². The van der Waals surface area contributed by atoms with E-state index >= 15 is 0 Å². The molecule has 0 saturated heterocycles. The topological polar surface area (TPSA) is 74.8 Å². The summed E-state index contributed by atoms with van der Waals surface area (Å²) < 4.78 is 15.2. The molecule has 7 nitrogen and oxygen atoms in total. The minimum absolute atomic E-state index is 0.213. The van der Waals surface area contributed by atoms with E-state index in [-0.39, 0.29) is 12.2 Å². The number of benzene rings is 2. The van der Waals surface area contributed by atoms with Crippen molar-refractivity contribution in [3.63, 3.8) is 0 Å². The SMILES string of the molecule is CCOC(=O)C1=C(C)N=c2s/c(=C\c3cc(C)n(-c4ccc(Cl)c(Cl)c4)c3C)c(=O)n2[C@H]1c1ccc(OCC)cc1. The third-order valence-corrected chi connectivity index (χ3v) is 8.66. The Bertz CT molecular complexity index is 1870. The molecule has 1 atom stereocenters. The van der Waals surface area contributed by atoms with E-state index in [9.17, 15) is 9.59 Å². The Labute approximate surface area is 251 Å². The molecule has 0 amide bonds. The minimum Gasteiger partial charge on any atom is -0.494 e. The van der Waals surface area contributed by atoms with E-state index in [2.05, 4.69) is 9.56 Å². The van der Waals surface area contributed by atoms with Crippen LogP contribution in [-0.2, 0) is 9.53 Å². The van der Waals surface area contributed by atoms with Gasteiger partial charge in [0.25, 0.3) is 5.56 Å². The summed E-state index contributed by atoms with van der Waals surface area (Å²) in [6.07, 6.45) is 1.87. The van der Waals surface area contributed by atoms with Crippen LogP contribution < -0.4 is 19.6 Å². The van der Waals surface area contributed by atoms with E-state index in [1.165, 1.54) is 11.3 Å². The highest BCUT2D eigenvalue weighted by Gasteiger charge is 2.33. The summed E-state index contributed by atoms with van der Waals surface area (Å²) in [5, 5.41) is 0.951. The van der Waals surface area contributed by atoms with Gasteiger partial charge in [-0.3, -0.25) is 9.36 Å². The first-order valence-corrected chi connectivity index (χ1v) is 14.8. The first kappa shape index (κ1) is 28.9. The Balaban J connectivity index is 1.66. The van der Waals surface area contributed by atoms with Crippen LogP contribution in [0.2, 0.25) is 10.0 Å². The predicted octanol–water partition coefficient (Wildman–Crippen LogP) is 5.91. The molecule has 0 saturated carbocycles. The number of fused-ring (bicyclic) bond motifs is 1. The number of rotatable bonds is 7. The molecule has 3 heterocycles. The van der Waals surface area contributed by atoms with Crippen molar-refractivity contribution in [3.8, 4) is 11.4 Å². The molecule has 41 heavy (non-hydrogen) atoms. The lowest BCUT2D eigenvalue weighted by Crippen LogP contribution is -2.39. The van der Waals surface area contributed by atoms with Gasteiger partial charge >= 0.3 is 5.97 Å². The van der Waals surface area contributed by atoms with Crippen molar-refractivity contribution in [1.29, 1.82) is 0 Å². The number of carbonyl (C=O) groups is 1. The van der Waals surface area contributed by atoms with Gasteiger partial charge in [0.2, 0.25) is 0 Å². The van der Waals surface area contributed by atoms with Gasteiger partial charge in [0.15, 0.2) is 4.80 Å². The number of hydrogen-bond donors (Lipinski definition) is 0. The molecular weight excluding hydrogens is 581 g/mol. The number of hydrogen-bond acceptors (Lipinski definition) is 6. The summed E-state index contributed by atoms with van der Waals surface area (Å²) in [4.78, 5) is 32.3. The highest BCUT2D eigenvalue weighted by molar-refractivity contribution is 7.07. The molecule has 0 radical (unpaired) electrons. The molecular formula is C31H29Cl2N3O4S. The Morgan fingerprint density at radius 1 is 1.02 bits per heavy atom. The number of allylic oxidation sites excluding steroid dienone is 1. The number of ether oxygens (including phenoxy) is 2. The fraction of sp³-hybridized carbons (Fsp3) is 0.258. The first-order chi connectivity index (χ1) is 19.6. The van der Waals surface area contributed by atoms with Crippen molar-refractivity contribution >= 4 is 46.6 Å². The predicted molar refractivity (Wildman–Crippen MR) is 163 cm³/mol. The third-order valence-electron chi connectivity index (χ3n) is 6.94. The van der Waals surface area contributed by atoms with Crippen molar-refractivity contribution in [2.24, 2.45) is 4.99 Å². The van der Waals surface area contributed by atoms with Crippen LogP contribution in [0.1, 0.15) is 49.3 Å². The standard InChI is InChI=1S/C31H29Cl2N3O4S/c1-6-39-23-11-8-20(9-12-23)28-27(30(38)40-7-2)18(4)34-31-36(28)29(37)26(41-31)15-21-14-17(3)35(19(21)5)22-10-13-24(32)25(33)16-22/h8-16,28H,6-7H2,1-5H3/b26-15-/t28-/m0/s1. The summed E-state index contributed by atoms with van der Waals surface area (Å²) >= 11 is 13.7. The minimum atomic E-state index is -0.688. The molecule has 1 aliphatic heterocycles. The van der Waals surface area contributed by atoms with Crippen molar-refractivity contribution in [2.75, 3.05) is 13.2 Å². The summed E-state index contributed by atoms with van der Waals surface area (Å²) in [5.41, 5.74) is 5.07. The van der Waals surface area contributed by atoms with Gasteiger partial charge in [-0.05, 0) is 88.2 Å². The molecule has 10 heteroatoms. The summed E-state index contributed by atoms with van der Waals surface area (Å²) in [6, 6.07) is 14.2. The second kappa shape index (κ2) is 11.7. The number of thiazole rings is 1. The number of carbonyl (C=O) groups excluding carboxylic acids is 1. The van der Waals surface area contributed by atoms with Gasteiger partial charge in [-0.25, -0.2) is 9.79 Å². The summed E-state index contributed by atoms with van der Waals surface area (Å²) in [6.45, 7) is 10.2. The van der Waals surface area contributed by atoms with Crippen LogP contribution >= 0.6 is 34.5 Å².